The van der Waals surface area contributed by atoms with Crippen molar-refractivity contribution in [3.8, 4) is 0 Å². The molecule has 2 aromatic rings. The summed E-state index contributed by atoms with van der Waals surface area (Å²) in [6.45, 7) is 5.30. The predicted molar refractivity (Wildman–Crippen MR) is 114 cm³/mol. The van der Waals surface area contributed by atoms with Crippen LogP contribution in [0, 0.1) is 0 Å². The van der Waals surface area contributed by atoms with Crippen LogP contribution in [0.4, 0.5) is 0 Å². The zero-order valence-corrected chi connectivity index (χ0v) is 18.7. The van der Waals surface area contributed by atoms with Gasteiger partial charge in [0, 0.05) is 18.1 Å². The zero-order valence-electron chi connectivity index (χ0n) is 17.1. The molecule has 0 saturated heterocycles. The highest BCUT2D eigenvalue weighted by Gasteiger charge is 2.58. The van der Waals surface area contributed by atoms with E-state index in [1.807, 2.05) is 0 Å². The van der Waals surface area contributed by atoms with Crippen LogP contribution < -0.4 is 10.6 Å². The van der Waals surface area contributed by atoms with Gasteiger partial charge in [-0.3, -0.25) is 9.59 Å². The van der Waals surface area contributed by atoms with Crippen molar-refractivity contribution in [2.45, 2.75) is 49.7 Å². The molecule has 1 heterocycles. The summed E-state index contributed by atoms with van der Waals surface area (Å²) < 4.78 is 23.7. The minimum absolute atomic E-state index is 0.00226. The summed E-state index contributed by atoms with van der Waals surface area (Å²) in [7, 11) is -3.40. The van der Waals surface area contributed by atoms with Gasteiger partial charge in [-0.1, -0.05) is 23.7 Å². The number of rotatable bonds is 7. The molecular formula is C20H25ClN4O4S. The Morgan fingerprint density at radius 1 is 1.13 bits per heavy atom. The van der Waals surface area contributed by atoms with Gasteiger partial charge in [-0.2, -0.15) is 0 Å². The maximum absolute atomic E-state index is 12.8. The zero-order chi connectivity index (χ0) is 22.2. The molecule has 0 atom stereocenters. The second-order valence-electron chi connectivity index (χ2n) is 8.44. The number of halogens is 1. The van der Waals surface area contributed by atoms with Gasteiger partial charge in [0.05, 0.1) is 15.7 Å². The van der Waals surface area contributed by atoms with Crippen LogP contribution in [-0.2, 0) is 16.4 Å². The molecule has 1 saturated carbocycles. The van der Waals surface area contributed by atoms with Crippen LogP contribution >= 0.6 is 11.6 Å². The minimum Gasteiger partial charge on any atom is -0.349 e. The van der Waals surface area contributed by atoms with Crippen LogP contribution in [0.3, 0.4) is 0 Å². The third kappa shape index (κ3) is 4.52. The van der Waals surface area contributed by atoms with Gasteiger partial charge in [0.1, 0.15) is 5.69 Å². The lowest BCUT2D eigenvalue weighted by molar-refractivity contribution is 0.0941. The van der Waals surface area contributed by atoms with Gasteiger partial charge in [-0.25, -0.2) is 13.4 Å². The second kappa shape index (κ2) is 8.03. The molecule has 0 bridgehead atoms. The second-order valence-corrected chi connectivity index (χ2v) is 12.0. The first-order valence-corrected chi connectivity index (χ1v) is 11.4. The number of aromatic nitrogens is 2. The molecule has 0 aliphatic heterocycles. The molecule has 1 aliphatic carbocycles. The van der Waals surface area contributed by atoms with Crippen molar-refractivity contribution >= 4 is 33.3 Å². The molecule has 8 nitrogen and oxygen atoms in total. The fourth-order valence-electron chi connectivity index (χ4n) is 3.09. The Kier molecular flexibility index (Phi) is 5.97. The summed E-state index contributed by atoms with van der Waals surface area (Å²) >= 11 is 5.83. The molecule has 1 fully saturated rings. The van der Waals surface area contributed by atoms with E-state index in [-0.39, 0.29) is 24.6 Å². The van der Waals surface area contributed by atoms with Crippen LogP contribution in [0.5, 0.6) is 0 Å². The van der Waals surface area contributed by atoms with E-state index in [4.69, 9.17) is 11.6 Å². The molecule has 10 heteroatoms. The monoisotopic (exact) mass is 452 g/mol. The van der Waals surface area contributed by atoms with Crippen LogP contribution in [0.15, 0.2) is 30.5 Å². The number of nitrogens with one attached hydrogen (secondary N) is 3. The molecule has 1 aromatic carbocycles. The molecular weight excluding hydrogens is 428 g/mol. The third-order valence-corrected chi connectivity index (χ3v) is 8.71. The summed E-state index contributed by atoms with van der Waals surface area (Å²) in [6, 6.07) is 7.04. The Balaban J connectivity index is 1.57. The molecule has 30 heavy (non-hydrogen) atoms. The van der Waals surface area contributed by atoms with Crippen molar-refractivity contribution in [1.82, 2.24) is 20.6 Å². The van der Waals surface area contributed by atoms with Crippen molar-refractivity contribution in [3.63, 3.8) is 0 Å². The van der Waals surface area contributed by atoms with Gasteiger partial charge in [-0.05, 0) is 51.3 Å². The standard InChI is InChI=1S/C20H25ClN4O4S/c1-19(2,3)30(28,29)20(8-9-20)12-24-17(26)15-11-22-16(25-15)18(27)23-10-13-4-6-14(21)7-5-13/h4-7,11H,8-10,12H2,1-3H3,(H,22,25)(H,23,27)(H,24,26). The number of imidazole rings is 1. The number of nitrogens with zero attached hydrogens (tertiary/aromatic N) is 1. The first-order valence-electron chi connectivity index (χ1n) is 9.55. The highest BCUT2D eigenvalue weighted by atomic mass is 35.5. The number of benzene rings is 1. The van der Waals surface area contributed by atoms with Crippen LogP contribution in [-0.4, -0.2) is 46.2 Å². The van der Waals surface area contributed by atoms with Crippen molar-refractivity contribution in [2.75, 3.05) is 6.54 Å². The number of amides is 2. The van der Waals surface area contributed by atoms with E-state index in [1.165, 1.54) is 6.20 Å². The van der Waals surface area contributed by atoms with Crippen molar-refractivity contribution < 1.29 is 18.0 Å². The van der Waals surface area contributed by atoms with Gasteiger partial charge in [0.25, 0.3) is 11.8 Å². The fourth-order valence-corrected chi connectivity index (χ4v) is 5.41. The van der Waals surface area contributed by atoms with E-state index >= 15 is 0 Å². The lowest BCUT2D eigenvalue weighted by Gasteiger charge is -2.26. The van der Waals surface area contributed by atoms with Crippen molar-refractivity contribution in [1.29, 1.82) is 0 Å². The van der Waals surface area contributed by atoms with Crippen LogP contribution in [0.25, 0.3) is 0 Å². The average molecular weight is 453 g/mol. The maximum Gasteiger partial charge on any atom is 0.287 e. The highest BCUT2D eigenvalue weighted by molar-refractivity contribution is 7.94. The number of carbonyl (C=O) groups is 2. The van der Waals surface area contributed by atoms with Gasteiger partial charge in [0.2, 0.25) is 0 Å². The summed E-state index contributed by atoms with van der Waals surface area (Å²) in [5.74, 6) is -0.967. The summed E-state index contributed by atoms with van der Waals surface area (Å²) in [6.07, 6.45) is 2.30. The number of hydrogen-bond acceptors (Lipinski definition) is 5. The van der Waals surface area contributed by atoms with E-state index in [0.717, 1.165) is 5.56 Å². The lowest BCUT2D eigenvalue weighted by Crippen LogP contribution is -2.45. The Bertz CT molecular complexity index is 1050. The fraction of sp³-hybridized carbons (Fsp3) is 0.450. The van der Waals surface area contributed by atoms with Gasteiger partial charge in [-0.15, -0.1) is 0 Å². The molecule has 2 amide bonds. The van der Waals surface area contributed by atoms with Crippen LogP contribution in [0.2, 0.25) is 5.02 Å². The first kappa shape index (κ1) is 22.3. The molecule has 0 radical (unpaired) electrons. The number of carbonyl (C=O) groups excluding carboxylic acids is 2. The molecule has 3 N–H and O–H groups in total. The minimum atomic E-state index is -3.40. The summed E-state index contributed by atoms with van der Waals surface area (Å²) in [4.78, 5) is 31.3. The molecule has 3 rings (SSSR count). The molecule has 0 unspecified atom stereocenters. The van der Waals surface area contributed by atoms with E-state index < -0.39 is 31.1 Å². The smallest absolute Gasteiger partial charge is 0.287 e. The van der Waals surface area contributed by atoms with E-state index in [9.17, 15) is 18.0 Å². The van der Waals surface area contributed by atoms with E-state index in [0.29, 0.717) is 17.9 Å². The normalized spacial score (nSPS) is 15.5. The predicted octanol–water partition coefficient (Wildman–Crippen LogP) is 2.47. The topological polar surface area (TPSA) is 121 Å². The molecule has 1 aromatic heterocycles. The van der Waals surface area contributed by atoms with E-state index in [2.05, 4.69) is 20.6 Å². The largest absolute Gasteiger partial charge is 0.349 e. The van der Waals surface area contributed by atoms with Crippen molar-refractivity contribution in [3.05, 3.63) is 52.6 Å². The van der Waals surface area contributed by atoms with Crippen LogP contribution in [0.1, 0.15) is 60.3 Å². The highest BCUT2D eigenvalue weighted by Crippen LogP contribution is 2.47. The van der Waals surface area contributed by atoms with E-state index in [1.54, 1.807) is 45.0 Å². The van der Waals surface area contributed by atoms with Gasteiger partial charge >= 0.3 is 0 Å². The summed E-state index contributed by atoms with van der Waals surface area (Å²) in [5, 5.41) is 5.97. The SMILES string of the molecule is CC(C)(C)S(=O)(=O)C1(CNC(=O)c2cnc(C(=O)NCc3ccc(Cl)cc3)[nH]2)CC1. The van der Waals surface area contributed by atoms with Gasteiger partial charge < -0.3 is 15.6 Å². The third-order valence-electron chi connectivity index (χ3n) is 5.16. The Labute approximate surface area is 180 Å². The number of aromatic amines is 1. The van der Waals surface area contributed by atoms with Crippen molar-refractivity contribution in [2.24, 2.45) is 0 Å². The summed E-state index contributed by atoms with van der Waals surface area (Å²) in [5.41, 5.74) is 0.961. The Hall–Kier alpha value is -2.39. The quantitative estimate of drug-likeness (QED) is 0.595. The number of sulfone groups is 1. The molecule has 1 aliphatic rings. The Morgan fingerprint density at radius 3 is 2.33 bits per heavy atom. The number of H-pyrrole nitrogens is 1. The molecule has 0 spiro atoms. The van der Waals surface area contributed by atoms with Gasteiger partial charge in [0.15, 0.2) is 15.7 Å². The Morgan fingerprint density at radius 2 is 1.77 bits per heavy atom. The molecule has 162 valence electrons. The first-order chi connectivity index (χ1) is 14.0. The maximum atomic E-state index is 12.8. The number of hydrogen-bond donors (Lipinski definition) is 3. The average Bonchev–Trinajstić information content (AvgIpc) is 3.32. The lowest BCUT2D eigenvalue weighted by atomic mass is 10.2.